The Balaban J connectivity index is 1.17. The lowest BCUT2D eigenvalue weighted by Gasteiger charge is -2.44. The third kappa shape index (κ3) is 7.03. The second kappa shape index (κ2) is 15.5. The second-order valence-electron chi connectivity index (χ2n) is 13.9. The van der Waals surface area contributed by atoms with E-state index in [-0.39, 0.29) is 29.7 Å². The maximum atomic E-state index is 14.4. The largest absolute Gasteiger partial charge is 0.490 e. The summed E-state index contributed by atoms with van der Waals surface area (Å²) >= 11 is 3.56. The summed E-state index contributed by atoms with van der Waals surface area (Å²) < 4.78 is 12.5. The SMILES string of the molecule is CCOc1cc(/C=C2\C(=O)NC(=O)N(c3cc4c5c(c3)[C@H](c3ccccc3)CCN5CC[C@@H]4c3ccccc3)C2=O)cc(Br)c1OCc1ccc([N+](=O)[O-])cc1. The summed E-state index contributed by atoms with van der Waals surface area (Å²) in [5.74, 6) is -0.726. The van der Waals surface area contributed by atoms with Gasteiger partial charge in [0, 0.05) is 42.7 Å². The van der Waals surface area contributed by atoms with Crippen molar-refractivity contribution in [2.24, 2.45) is 0 Å². The maximum Gasteiger partial charge on any atom is 0.335 e. The molecule has 3 aliphatic rings. The van der Waals surface area contributed by atoms with Gasteiger partial charge < -0.3 is 14.4 Å². The van der Waals surface area contributed by atoms with E-state index in [1.807, 2.05) is 55.5 Å². The standard InChI is InChI=1S/C44H37BrN4O7/c1-2-55-39-23-28(22-38(45)41(39)56-26-27-13-15-31(16-14-27)49(53)54)21-37-42(50)46-44(52)48(43(37)51)32-24-35-33(29-9-5-3-6-10-29)17-19-47-20-18-34(36(25-32)40(35)47)30-11-7-4-8-12-30/h3-16,21-25,33-34H,2,17-20,26H2,1H3,(H,46,50,52)/b37-21+/t33-,34+. The number of rotatable bonds is 10. The van der Waals surface area contributed by atoms with Crippen LogP contribution in [0.3, 0.4) is 0 Å². The van der Waals surface area contributed by atoms with E-state index in [2.05, 4.69) is 50.4 Å². The van der Waals surface area contributed by atoms with Crippen molar-refractivity contribution < 1.29 is 28.8 Å². The number of hydrogen-bond donors (Lipinski definition) is 1. The first-order valence-corrected chi connectivity index (χ1v) is 19.3. The molecule has 11 nitrogen and oxygen atoms in total. The fourth-order valence-corrected chi connectivity index (χ4v) is 8.55. The van der Waals surface area contributed by atoms with Crippen LogP contribution in [0.15, 0.2) is 119 Å². The van der Waals surface area contributed by atoms with Crippen molar-refractivity contribution in [1.29, 1.82) is 0 Å². The molecule has 0 radical (unpaired) electrons. The van der Waals surface area contributed by atoms with Crippen LogP contribution in [-0.4, -0.2) is 42.5 Å². The van der Waals surface area contributed by atoms with Crippen molar-refractivity contribution in [1.82, 2.24) is 5.32 Å². The number of urea groups is 1. The Labute approximate surface area is 331 Å². The monoisotopic (exact) mass is 812 g/mol. The zero-order valence-electron chi connectivity index (χ0n) is 30.4. The Bertz CT molecular complexity index is 2310. The van der Waals surface area contributed by atoms with E-state index < -0.39 is 22.8 Å². The highest BCUT2D eigenvalue weighted by atomic mass is 79.9. The summed E-state index contributed by atoms with van der Waals surface area (Å²) in [7, 11) is 0. The Morgan fingerprint density at radius 2 is 1.45 bits per heavy atom. The molecular weight excluding hydrogens is 776 g/mol. The van der Waals surface area contributed by atoms with E-state index in [1.54, 1.807) is 24.3 Å². The first kappa shape index (κ1) is 36.7. The number of ether oxygens (including phenoxy) is 2. The highest BCUT2D eigenvalue weighted by Crippen LogP contribution is 2.50. The zero-order chi connectivity index (χ0) is 38.9. The third-order valence-electron chi connectivity index (χ3n) is 10.5. The summed E-state index contributed by atoms with van der Waals surface area (Å²) in [6, 6.07) is 33.1. The average molecular weight is 814 g/mol. The van der Waals surface area contributed by atoms with Gasteiger partial charge in [-0.25, -0.2) is 9.69 Å². The summed E-state index contributed by atoms with van der Waals surface area (Å²) in [4.78, 5) is 55.6. The van der Waals surface area contributed by atoms with Crippen LogP contribution >= 0.6 is 15.9 Å². The molecule has 3 aliphatic heterocycles. The number of carbonyl (C=O) groups is 3. The number of nitrogens with zero attached hydrogens (tertiary/aromatic N) is 3. The molecule has 0 aliphatic carbocycles. The third-order valence-corrected chi connectivity index (χ3v) is 11.1. The Morgan fingerprint density at radius 3 is 2.02 bits per heavy atom. The lowest BCUT2D eigenvalue weighted by atomic mass is 9.76. The van der Waals surface area contributed by atoms with Gasteiger partial charge in [-0.1, -0.05) is 60.7 Å². The zero-order valence-corrected chi connectivity index (χ0v) is 32.0. The molecule has 4 amide bonds. The van der Waals surface area contributed by atoms with Gasteiger partial charge in [0.1, 0.15) is 12.2 Å². The fraction of sp³-hybridized carbons (Fsp3) is 0.205. The number of nitrogens with one attached hydrogen (secondary N) is 1. The normalized spacial score (nSPS) is 18.4. The molecule has 0 saturated carbocycles. The second-order valence-corrected chi connectivity index (χ2v) is 14.8. The molecule has 1 N–H and O–H groups in total. The van der Waals surface area contributed by atoms with Gasteiger partial charge >= 0.3 is 6.03 Å². The van der Waals surface area contributed by atoms with Gasteiger partial charge in [-0.05, 0) is 112 Å². The van der Waals surface area contributed by atoms with Crippen molar-refractivity contribution in [2.45, 2.75) is 38.2 Å². The van der Waals surface area contributed by atoms with Crippen LogP contribution in [0.25, 0.3) is 6.08 Å². The number of hydrogen-bond acceptors (Lipinski definition) is 8. The molecule has 0 unspecified atom stereocenters. The van der Waals surface area contributed by atoms with Gasteiger partial charge in [0.05, 0.1) is 21.7 Å². The molecule has 1 saturated heterocycles. The topological polar surface area (TPSA) is 131 Å². The van der Waals surface area contributed by atoms with Crippen molar-refractivity contribution in [3.63, 3.8) is 0 Å². The van der Waals surface area contributed by atoms with Crippen LogP contribution in [-0.2, 0) is 16.2 Å². The predicted octanol–water partition coefficient (Wildman–Crippen LogP) is 8.88. The van der Waals surface area contributed by atoms with Crippen LogP contribution in [0.4, 0.5) is 21.9 Å². The van der Waals surface area contributed by atoms with Crippen LogP contribution < -0.4 is 24.6 Å². The number of carbonyl (C=O) groups excluding carboxylic acids is 3. The Hall–Kier alpha value is -6.27. The molecule has 8 rings (SSSR count). The molecule has 5 aromatic rings. The van der Waals surface area contributed by atoms with Crippen LogP contribution in [0.1, 0.15) is 65.0 Å². The van der Waals surface area contributed by atoms with E-state index >= 15 is 0 Å². The minimum Gasteiger partial charge on any atom is -0.490 e. The van der Waals surface area contributed by atoms with Crippen molar-refractivity contribution in [2.75, 3.05) is 29.5 Å². The molecule has 1 fully saturated rings. The maximum absolute atomic E-state index is 14.4. The van der Waals surface area contributed by atoms with Gasteiger partial charge in [0.2, 0.25) is 0 Å². The Kier molecular flexibility index (Phi) is 10.1. The molecule has 3 heterocycles. The van der Waals surface area contributed by atoms with Crippen LogP contribution in [0.5, 0.6) is 11.5 Å². The van der Waals surface area contributed by atoms with Gasteiger partial charge in [-0.15, -0.1) is 0 Å². The first-order chi connectivity index (χ1) is 27.2. The van der Waals surface area contributed by atoms with E-state index in [4.69, 9.17) is 9.47 Å². The molecule has 12 heteroatoms. The number of benzene rings is 5. The van der Waals surface area contributed by atoms with Gasteiger partial charge in [0.15, 0.2) is 11.5 Å². The Morgan fingerprint density at radius 1 is 0.839 bits per heavy atom. The minimum atomic E-state index is -0.813. The van der Waals surface area contributed by atoms with E-state index in [9.17, 15) is 24.5 Å². The number of barbiturate groups is 1. The summed E-state index contributed by atoms with van der Waals surface area (Å²) in [5, 5.41) is 13.5. The summed E-state index contributed by atoms with van der Waals surface area (Å²) in [6.07, 6.45) is 3.20. The molecular formula is C44H37BrN4O7. The van der Waals surface area contributed by atoms with E-state index in [1.165, 1.54) is 18.2 Å². The van der Waals surface area contributed by atoms with Crippen molar-refractivity contribution in [3.05, 3.63) is 163 Å². The number of non-ortho nitro benzene ring substituents is 1. The lowest BCUT2D eigenvalue weighted by Crippen LogP contribution is -2.54. The van der Waals surface area contributed by atoms with Crippen molar-refractivity contribution >= 4 is 56.9 Å². The van der Waals surface area contributed by atoms with Gasteiger partial charge in [0.25, 0.3) is 17.5 Å². The molecule has 0 aromatic heterocycles. The van der Waals surface area contributed by atoms with Crippen LogP contribution in [0, 0.1) is 10.1 Å². The molecule has 56 heavy (non-hydrogen) atoms. The average Bonchev–Trinajstić information content (AvgIpc) is 3.20. The number of halogens is 1. The van der Waals surface area contributed by atoms with E-state index in [0.29, 0.717) is 39.4 Å². The highest BCUT2D eigenvalue weighted by molar-refractivity contribution is 9.10. The molecule has 282 valence electrons. The molecule has 0 bridgehead atoms. The summed E-state index contributed by atoms with van der Waals surface area (Å²) in [5.41, 5.74) is 6.89. The lowest BCUT2D eigenvalue weighted by molar-refractivity contribution is -0.384. The molecule has 2 atom stereocenters. The van der Waals surface area contributed by atoms with Crippen molar-refractivity contribution in [3.8, 4) is 11.5 Å². The molecule has 0 spiro atoms. The number of anilines is 2. The number of nitro benzene ring substituents is 1. The van der Waals surface area contributed by atoms with E-state index in [0.717, 1.165) is 58.8 Å². The minimum absolute atomic E-state index is 0.0236. The number of amides is 4. The highest BCUT2D eigenvalue weighted by Gasteiger charge is 2.40. The first-order valence-electron chi connectivity index (χ1n) is 18.5. The predicted molar refractivity (Wildman–Crippen MR) is 216 cm³/mol. The number of imide groups is 2. The smallest absolute Gasteiger partial charge is 0.335 e. The van der Waals surface area contributed by atoms with Crippen LogP contribution in [0.2, 0.25) is 0 Å². The molecule has 5 aromatic carbocycles. The number of nitro groups is 1. The quantitative estimate of drug-likeness (QED) is 0.0641. The fourth-order valence-electron chi connectivity index (χ4n) is 7.97. The van der Waals surface area contributed by atoms with Gasteiger partial charge in [-0.2, -0.15) is 0 Å². The summed E-state index contributed by atoms with van der Waals surface area (Å²) in [6.45, 7) is 4.01. The van der Waals surface area contributed by atoms with Gasteiger partial charge in [-0.3, -0.25) is 25.0 Å².